The lowest BCUT2D eigenvalue weighted by Crippen LogP contribution is -2.33. The second-order valence-electron chi connectivity index (χ2n) is 4.46. The zero-order chi connectivity index (χ0) is 13.2. The second-order valence-corrected chi connectivity index (χ2v) is 6.42. The molecule has 0 bridgehead atoms. The van der Waals surface area contributed by atoms with Gasteiger partial charge in [0.1, 0.15) is 5.75 Å². The number of ether oxygens (including phenoxy) is 1. The fourth-order valence-corrected chi connectivity index (χ4v) is 3.50. The normalized spacial score (nSPS) is 17.6. The molecule has 1 aromatic rings. The number of rotatable bonds is 3. The Bertz CT molecular complexity index is 521. The molecule has 1 saturated heterocycles. The van der Waals surface area contributed by atoms with Crippen molar-refractivity contribution in [3.63, 3.8) is 0 Å². The lowest BCUT2D eigenvalue weighted by molar-refractivity contribution is 0.0984. The minimum atomic E-state index is -3.38. The van der Waals surface area contributed by atoms with Crippen molar-refractivity contribution in [2.24, 2.45) is 0 Å². The van der Waals surface area contributed by atoms with Crippen LogP contribution in [0.15, 0.2) is 18.2 Å². The summed E-state index contributed by atoms with van der Waals surface area (Å²) < 4.78 is 32.1. The molecular weight excluding hydrogens is 254 g/mol. The fraction of sp³-hybridized carbons (Fsp3) is 0.500. The average Bonchev–Trinajstić information content (AvgIpc) is 2.34. The number of aromatic hydroxyl groups is 1. The van der Waals surface area contributed by atoms with Crippen LogP contribution in [0, 0.1) is 6.92 Å². The lowest BCUT2D eigenvalue weighted by atomic mass is 10.2. The van der Waals surface area contributed by atoms with E-state index in [-0.39, 0.29) is 5.75 Å². The maximum absolute atomic E-state index is 12.2. The van der Waals surface area contributed by atoms with Crippen LogP contribution in [0.2, 0.25) is 0 Å². The van der Waals surface area contributed by atoms with Gasteiger partial charge < -0.3 is 9.84 Å². The van der Waals surface area contributed by atoms with Crippen molar-refractivity contribution >= 4 is 15.7 Å². The Hall–Kier alpha value is -1.27. The first-order valence-corrected chi connectivity index (χ1v) is 7.42. The van der Waals surface area contributed by atoms with Crippen LogP contribution in [0.5, 0.6) is 5.75 Å². The Balaban J connectivity index is 2.16. The Morgan fingerprint density at radius 1 is 1.33 bits per heavy atom. The number of benzene rings is 1. The zero-order valence-corrected chi connectivity index (χ0v) is 11.0. The van der Waals surface area contributed by atoms with Crippen LogP contribution < -0.4 is 4.72 Å². The summed E-state index contributed by atoms with van der Waals surface area (Å²) in [5.41, 5.74) is 1.21. The maximum atomic E-state index is 12.2. The quantitative estimate of drug-likeness (QED) is 0.819. The first kappa shape index (κ1) is 13.2. The predicted octanol–water partition coefficient (Wildman–Crippen LogP) is 1.62. The standard InChI is InChI=1S/C12H17NO4S/c1-9-8-10(14)2-3-12(9)13-18(15,16)11-4-6-17-7-5-11/h2-3,8,11,13-14H,4-7H2,1H3. The van der Waals surface area contributed by atoms with Gasteiger partial charge in [0.2, 0.25) is 10.0 Å². The highest BCUT2D eigenvalue weighted by molar-refractivity contribution is 7.93. The number of phenolic OH excluding ortho intramolecular Hbond substituents is 1. The van der Waals surface area contributed by atoms with Crippen LogP contribution in [0.4, 0.5) is 5.69 Å². The van der Waals surface area contributed by atoms with Crippen molar-refractivity contribution < 1.29 is 18.3 Å². The van der Waals surface area contributed by atoms with Crippen LogP contribution in [-0.4, -0.2) is 32.0 Å². The largest absolute Gasteiger partial charge is 0.508 e. The summed E-state index contributed by atoms with van der Waals surface area (Å²) >= 11 is 0. The third kappa shape index (κ3) is 2.94. The molecule has 6 heteroatoms. The van der Waals surface area contributed by atoms with E-state index in [1.165, 1.54) is 12.1 Å². The molecule has 1 aliphatic rings. The Labute approximate surface area is 107 Å². The van der Waals surface area contributed by atoms with E-state index in [4.69, 9.17) is 4.74 Å². The number of phenols is 1. The van der Waals surface area contributed by atoms with Gasteiger partial charge >= 0.3 is 0 Å². The molecule has 18 heavy (non-hydrogen) atoms. The third-order valence-corrected chi connectivity index (χ3v) is 4.92. The van der Waals surface area contributed by atoms with Gasteiger partial charge in [-0.2, -0.15) is 0 Å². The van der Waals surface area contributed by atoms with E-state index in [2.05, 4.69) is 4.72 Å². The average molecular weight is 271 g/mol. The summed E-state index contributed by atoms with van der Waals surface area (Å²) in [6.07, 6.45) is 1.04. The number of anilines is 1. The van der Waals surface area contributed by atoms with E-state index in [0.717, 1.165) is 0 Å². The van der Waals surface area contributed by atoms with E-state index in [0.29, 0.717) is 37.3 Å². The van der Waals surface area contributed by atoms with Crippen molar-refractivity contribution in [1.82, 2.24) is 0 Å². The van der Waals surface area contributed by atoms with Crippen LogP contribution in [0.25, 0.3) is 0 Å². The van der Waals surface area contributed by atoms with Gasteiger partial charge in [-0.15, -0.1) is 0 Å². The van der Waals surface area contributed by atoms with E-state index < -0.39 is 15.3 Å². The van der Waals surface area contributed by atoms with Gasteiger partial charge in [-0.1, -0.05) is 0 Å². The molecule has 0 amide bonds. The molecule has 1 fully saturated rings. The van der Waals surface area contributed by atoms with E-state index in [1.54, 1.807) is 13.0 Å². The van der Waals surface area contributed by atoms with E-state index >= 15 is 0 Å². The first-order chi connectivity index (χ1) is 8.49. The van der Waals surface area contributed by atoms with Crippen molar-refractivity contribution in [3.8, 4) is 5.75 Å². The van der Waals surface area contributed by atoms with Gasteiger partial charge in [-0.3, -0.25) is 4.72 Å². The van der Waals surface area contributed by atoms with E-state index in [9.17, 15) is 13.5 Å². The summed E-state index contributed by atoms with van der Waals surface area (Å²) in [6, 6.07) is 4.57. The van der Waals surface area contributed by atoms with Crippen LogP contribution in [0.3, 0.4) is 0 Å². The number of sulfonamides is 1. The molecule has 1 aromatic carbocycles. The maximum Gasteiger partial charge on any atom is 0.235 e. The Morgan fingerprint density at radius 2 is 2.00 bits per heavy atom. The van der Waals surface area contributed by atoms with Crippen molar-refractivity contribution in [3.05, 3.63) is 23.8 Å². The summed E-state index contributed by atoms with van der Waals surface area (Å²) in [5.74, 6) is 0.126. The van der Waals surface area contributed by atoms with Gasteiger partial charge in [0.25, 0.3) is 0 Å². The predicted molar refractivity (Wildman–Crippen MR) is 69.2 cm³/mol. The lowest BCUT2D eigenvalue weighted by Gasteiger charge is -2.23. The number of aryl methyl sites for hydroxylation is 1. The number of nitrogens with one attached hydrogen (secondary N) is 1. The van der Waals surface area contributed by atoms with Gasteiger partial charge in [0.05, 0.1) is 10.9 Å². The van der Waals surface area contributed by atoms with Gasteiger partial charge in [0.15, 0.2) is 0 Å². The molecule has 0 unspecified atom stereocenters. The van der Waals surface area contributed by atoms with Crippen LogP contribution in [-0.2, 0) is 14.8 Å². The Kier molecular flexibility index (Phi) is 3.77. The summed E-state index contributed by atoms with van der Waals surface area (Å²) in [6.45, 7) is 2.72. The molecule has 5 nitrogen and oxygen atoms in total. The smallest absolute Gasteiger partial charge is 0.235 e. The van der Waals surface area contributed by atoms with Gasteiger partial charge in [-0.25, -0.2) is 8.42 Å². The van der Waals surface area contributed by atoms with Gasteiger partial charge in [-0.05, 0) is 43.5 Å². The monoisotopic (exact) mass is 271 g/mol. The zero-order valence-electron chi connectivity index (χ0n) is 10.2. The molecular formula is C12H17NO4S. The summed E-state index contributed by atoms with van der Waals surface area (Å²) in [7, 11) is -3.38. The molecule has 0 atom stereocenters. The highest BCUT2D eigenvalue weighted by Crippen LogP contribution is 2.24. The van der Waals surface area contributed by atoms with Gasteiger partial charge in [0, 0.05) is 13.2 Å². The molecule has 0 spiro atoms. The molecule has 0 radical (unpaired) electrons. The minimum Gasteiger partial charge on any atom is -0.508 e. The molecule has 0 saturated carbocycles. The van der Waals surface area contributed by atoms with Crippen LogP contribution in [0.1, 0.15) is 18.4 Å². The number of hydrogen-bond donors (Lipinski definition) is 2. The molecule has 0 aliphatic carbocycles. The molecule has 1 heterocycles. The van der Waals surface area contributed by atoms with Crippen molar-refractivity contribution in [1.29, 1.82) is 0 Å². The summed E-state index contributed by atoms with van der Waals surface area (Å²) in [4.78, 5) is 0. The molecule has 2 N–H and O–H groups in total. The first-order valence-electron chi connectivity index (χ1n) is 5.88. The molecule has 1 aliphatic heterocycles. The van der Waals surface area contributed by atoms with E-state index in [1.807, 2.05) is 0 Å². The van der Waals surface area contributed by atoms with Crippen molar-refractivity contribution in [2.45, 2.75) is 25.0 Å². The van der Waals surface area contributed by atoms with Crippen molar-refractivity contribution in [2.75, 3.05) is 17.9 Å². The highest BCUT2D eigenvalue weighted by atomic mass is 32.2. The minimum absolute atomic E-state index is 0.126. The van der Waals surface area contributed by atoms with Crippen LogP contribution >= 0.6 is 0 Å². The Morgan fingerprint density at radius 3 is 2.61 bits per heavy atom. The topological polar surface area (TPSA) is 75.6 Å². The highest BCUT2D eigenvalue weighted by Gasteiger charge is 2.27. The third-order valence-electron chi connectivity index (χ3n) is 3.07. The second kappa shape index (κ2) is 5.16. The summed E-state index contributed by atoms with van der Waals surface area (Å²) in [5, 5.41) is 8.89. The molecule has 100 valence electrons. The SMILES string of the molecule is Cc1cc(O)ccc1NS(=O)(=O)C1CCOCC1. The number of hydrogen-bond acceptors (Lipinski definition) is 4. The molecule has 0 aromatic heterocycles. The molecule has 2 rings (SSSR count). The fourth-order valence-electron chi connectivity index (χ4n) is 1.99.